The molecule has 1 aliphatic heterocycles. The van der Waals surface area contributed by atoms with Gasteiger partial charge in [-0.05, 0) is 37.0 Å². The van der Waals surface area contributed by atoms with Gasteiger partial charge in [0, 0.05) is 30.7 Å². The number of hydrogen-bond acceptors (Lipinski definition) is 3. The van der Waals surface area contributed by atoms with Crippen molar-refractivity contribution in [3.63, 3.8) is 0 Å². The van der Waals surface area contributed by atoms with E-state index in [1.165, 1.54) is 4.90 Å². The minimum Gasteiger partial charge on any atom is -0.465 e. The van der Waals surface area contributed by atoms with Crippen LogP contribution < -0.4 is 0 Å². The second-order valence-corrected chi connectivity index (χ2v) is 7.46. The molecule has 0 radical (unpaired) electrons. The summed E-state index contributed by atoms with van der Waals surface area (Å²) in [5.41, 5.74) is -0.195. The van der Waals surface area contributed by atoms with Crippen LogP contribution in [-0.4, -0.2) is 63.8 Å². The molecule has 2 fully saturated rings. The van der Waals surface area contributed by atoms with Crippen LogP contribution in [0.15, 0.2) is 28.7 Å². The van der Waals surface area contributed by atoms with E-state index in [1.807, 2.05) is 24.3 Å². The summed E-state index contributed by atoms with van der Waals surface area (Å²) in [6.45, 7) is 1.35. The maximum atomic E-state index is 13.1. The van der Waals surface area contributed by atoms with Crippen LogP contribution in [0.5, 0.6) is 0 Å². The summed E-state index contributed by atoms with van der Waals surface area (Å²) in [5.74, 6) is -0.708. The fraction of sp³-hybridized carbons (Fsp3) is 0.529. The van der Waals surface area contributed by atoms with E-state index in [9.17, 15) is 14.7 Å². The van der Waals surface area contributed by atoms with Gasteiger partial charge in [-0.2, -0.15) is 0 Å². The Balaban J connectivity index is 1.81. The van der Waals surface area contributed by atoms with Crippen LogP contribution in [0.25, 0.3) is 0 Å². The highest BCUT2D eigenvalue weighted by Gasteiger charge is 2.48. The van der Waals surface area contributed by atoms with Crippen LogP contribution >= 0.6 is 15.9 Å². The molecular formula is C17H21BrN2O4. The Morgan fingerprint density at radius 1 is 1.12 bits per heavy atom. The maximum absolute atomic E-state index is 13.1. The summed E-state index contributed by atoms with van der Waals surface area (Å²) in [6.07, 6.45) is 1.19. The number of nitrogens with zero attached hydrogens (tertiary/aromatic N) is 2. The summed E-state index contributed by atoms with van der Waals surface area (Å²) in [4.78, 5) is 27.1. The molecule has 1 saturated heterocycles. The molecule has 130 valence electrons. The van der Waals surface area contributed by atoms with Crippen molar-refractivity contribution in [1.82, 2.24) is 9.80 Å². The number of piperazine rings is 1. The molecule has 2 amide bonds. The van der Waals surface area contributed by atoms with Crippen LogP contribution in [-0.2, 0) is 4.79 Å². The Bertz CT molecular complexity index is 639. The van der Waals surface area contributed by atoms with Crippen molar-refractivity contribution >= 4 is 27.9 Å². The topological polar surface area (TPSA) is 81.1 Å². The van der Waals surface area contributed by atoms with Gasteiger partial charge in [-0.25, -0.2) is 4.79 Å². The third-order valence-corrected chi connectivity index (χ3v) is 5.54. The number of amides is 2. The van der Waals surface area contributed by atoms with Crippen LogP contribution in [0.2, 0.25) is 0 Å². The third-order valence-electron chi connectivity index (χ3n) is 5.05. The summed E-state index contributed by atoms with van der Waals surface area (Å²) >= 11 is 3.43. The molecule has 1 aromatic rings. The van der Waals surface area contributed by atoms with Gasteiger partial charge in [0.05, 0.1) is 11.5 Å². The Morgan fingerprint density at radius 2 is 1.75 bits per heavy atom. The summed E-state index contributed by atoms with van der Waals surface area (Å²) in [6, 6.07) is 7.51. The van der Waals surface area contributed by atoms with E-state index in [4.69, 9.17) is 5.11 Å². The van der Waals surface area contributed by atoms with Crippen molar-refractivity contribution in [3.05, 3.63) is 34.3 Å². The van der Waals surface area contributed by atoms with Crippen molar-refractivity contribution in [2.75, 3.05) is 26.2 Å². The Morgan fingerprint density at radius 3 is 2.25 bits per heavy atom. The average Bonchev–Trinajstić information content (AvgIpc) is 2.53. The predicted octanol–water partition coefficient (Wildman–Crippen LogP) is 2.27. The first-order chi connectivity index (χ1) is 11.4. The molecule has 1 aliphatic carbocycles. The standard InChI is InChI=1S/C17H21BrN2O4/c18-13-4-1-3-12(11-13)14(17(24)5-2-6-17)15(21)19-7-9-20(10-8-19)16(22)23/h1,3-4,11,14,24H,2,5-10H2,(H,22,23). The monoisotopic (exact) mass is 396 g/mol. The first kappa shape index (κ1) is 17.2. The lowest BCUT2D eigenvalue weighted by Gasteiger charge is -2.45. The molecule has 24 heavy (non-hydrogen) atoms. The fourth-order valence-corrected chi connectivity index (χ4v) is 3.91. The van der Waals surface area contributed by atoms with Gasteiger partial charge in [-0.3, -0.25) is 4.79 Å². The Kier molecular flexibility index (Phi) is 4.83. The van der Waals surface area contributed by atoms with E-state index in [2.05, 4.69) is 15.9 Å². The largest absolute Gasteiger partial charge is 0.465 e. The van der Waals surface area contributed by atoms with E-state index < -0.39 is 17.6 Å². The molecule has 7 heteroatoms. The predicted molar refractivity (Wildman–Crippen MR) is 91.9 cm³/mol. The molecule has 0 bridgehead atoms. The molecule has 0 aromatic heterocycles. The highest BCUT2D eigenvalue weighted by Crippen LogP contribution is 2.44. The SMILES string of the molecule is O=C(O)N1CCN(C(=O)C(c2cccc(Br)c2)C2(O)CCC2)CC1. The van der Waals surface area contributed by atoms with Gasteiger partial charge in [-0.1, -0.05) is 28.1 Å². The molecule has 1 atom stereocenters. The molecule has 1 aromatic carbocycles. The lowest BCUT2D eigenvalue weighted by Crippen LogP contribution is -2.55. The fourth-order valence-electron chi connectivity index (χ4n) is 3.50. The smallest absolute Gasteiger partial charge is 0.407 e. The average molecular weight is 397 g/mol. The van der Waals surface area contributed by atoms with E-state index >= 15 is 0 Å². The molecule has 6 nitrogen and oxygen atoms in total. The Labute approximate surface area is 149 Å². The molecule has 0 spiro atoms. The summed E-state index contributed by atoms with van der Waals surface area (Å²) in [7, 11) is 0. The first-order valence-electron chi connectivity index (χ1n) is 8.15. The number of halogens is 1. The number of rotatable bonds is 3. The van der Waals surface area contributed by atoms with Gasteiger partial charge in [0.15, 0.2) is 0 Å². The molecule has 3 rings (SSSR count). The number of hydrogen-bond donors (Lipinski definition) is 2. The number of carboxylic acid groups (broad SMARTS) is 1. The van der Waals surface area contributed by atoms with Crippen LogP contribution in [0, 0.1) is 0 Å². The lowest BCUT2D eigenvalue weighted by atomic mass is 9.68. The van der Waals surface area contributed by atoms with Crippen LogP contribution in [0.1, 0.15) is 30.7 Å². The Hall–Kier alpha value is -1.60. The zero-order valence-corrected chi connectivity index (χ0v) is 14.9. The summed E-state index contributed by atoms with van der Waals surface area (Å²) in [5, 5.41) is 19.9. The van der Waals surface area contributed by atoms with E-state index in [0.29, 0.717) is 39.0 Å². The molecule has 2 N–H and O–H groups in total. The minimum atomic E-state index is -0.998. The number of benzene rings is 1. The van der Waals surface area contributed by atoms with Crippen LogP contribution in [0.4, 0.5) is 4.79 Å². The highest BCUT2D eigenvalue weighted by atomic mass is 79.9. The van der Waals surface area contributed by atoms with Crippen molar-refractivity contribution in [3.8, 4) is 0 Å². The maximum Gasteiger partial charge on any atom is 0.407 e. The van der Waals surface area contributed by atoms with Crippen molar-refractivity contribution in [2.45, 2.75) is 30.8 Å². The zero-order chi connectivity index (χ0) is 17.3. The molecule has 1 saturated carbocycles. The van der Waals surface area contributed by atoms with Gasteiger partial charge < -0.3 is 20.0 Å². The van der Waals surface area contributed by atoms with Crippen molar-refractivity contribution in [2.24, 2.45) is 0 Å². The first-order valence-corrected chi connectivity index (χ1v) is 8.94. The van der Waals surface area contributed by atoms with Crippen molar-refractivity contribution in [1.29, 1.82) is 0 Å². The highest BCUT2D eigenvalue weighted by molar-refractivity contribution is 9.10. The van der Waals surface area contributed by atoms with E-state index in [1.54, 1.807) is 4.90 Å². The molecular weight excluding hydrogens is 376 g/mol. The zero-order valence-electron chi connectivity index (χ0n) is 13.3. The van der Waals surface area contributed by atoms with E-state index in [-0.39, 0.29) is 5.91 Å². The van der Waals surface area contributed by atoms with Crippen molar-refractivity contribution < 1.29 is 19.8 Å². The lowest BCUT2D eigenvalue weighted by molar-refractivity contribution is -0.146. The number of carbonyl (C=O) groups is 2. The quantitative estimate of drug-likeness (QED) is 0.820. The van der Waals surface area contributed by atoms with Gasteiger partial charge >= 0.3 is 6.09 Å². The summed E-state index contributed by atoms with van der Waals surface area (Å²) < 4.78 is 0.872. The second kappa shape index (κ2) is 6.72. The number of aliphatic hydroxyl groups is 1. The normalized spacial score (nSPS) is 21.1. The number of carbonyl (C=O) groups excluding carboxylic acids is 1. The van der Waals surface area contributed by atoms with Gasteiger partial charge in [0.2, 0.25) is 5.91 Å². The van der Waals surface area contributed by atoms with Gasteiger partial charge in [-0.15, -0.1) is 0 Å². The third kappa shape index (κ3) is 3.28. The van der Waals surface area contributed by atoms with E-state index in [0.717, 1.165) is 16.5 Å². The van der Waals surface area contributed by atoms with Gasteiger partial charge in [0.1, 0.15) is 0 Å². The minimum absolute atomic E-state index is 0.111. The van der Waals surface area contributed by atoms with Gasteiger partial charge in [0.25, 0.3) is 0 Å². The molecule has 2 aliphatic rings. The second-order valence-electron chi connectivity index (χ2n) is 6.54. The molecule has 1 unspecified atom stereocenters. The molecule has 1 heterocycles. The van der Waals surface area contributed by atoms with Crippen LogP contribution in [0.3, 0.4) is 0 Å².